The summed E-state index contributed by atoms with van der Waals surface area (Å²) < 4.78 is 36.1. The van der Waals surface area contributed by atoms with Crippen LogP contribution < -0.4 is 9.47 Å². The molecule has 0 radical (unpaired) electrons. The summed E-state index contributed by atoms with van der Waals surface area (Å²) in [4.78, 5) is 25.0. The van der Waals surface area contributed by atoms with E-state index in [0.717, 1.165) is 11.0 Å². The summed E-state index contributed by atoms with van der Waals surface area (Å²) in [7, 11) is 2.93. The van der Waals surface area contributed by atoms with Crippen LogP contribution in [0.3, 0.4) is 0 Å². The van der Waals surface area contributed by atoms with Crippen LogP contribution in [-0.2, 0) is 11.3 Å². The minimum absolute atomic E-state index is 0.0103. The number of nitrogens with zero attached hydrogens (tertiary/aromatic N) is 1. The van der Waals surface area contributed by atoms with E-state index in [-0.39, 0.29) is 17.7 Å². The molecule has 0 spiro atoms. The van der Waals surface area contributed by atoms with E-state index in [1.165, 1.54) is 32.4 Å². The molecule has 0 aliphatic carbocycles. The lowest BCUT2D eigenvalue weighted by molar-refractivity contribution is -0.137. The molecule has 0 fully saturated rings. The van der Waals surface area contributed by atoms with Gasteiger partial charge in [0.15, 0.2) is 0 Å². The Hall–Kier alpha value is -3.16. The molecule has 2 aromatic rings. The van der Waals surface area contributed by atoms with Crippen molar-refractivity contribution >= 4 is 11.9 Å². The van der Waals surface area contributed by atoms with Gasteiger partial charge in [0.1, 0.15) is 18.0 Å². The number of hydrogen-bond donors (Lipinski definition) is 1. The van der Waals surface area contributed by atoms with Gasteiger partial charge in [-0.2, -0.15) is 0 Å². The Labute approximate surface area is 154 Å². The van der Waals surface area contributed by atoms with Gasteiger partial charge in [0.05, 0.1) is 14.2 Å². The molecule has 1 amide bonds. The first-order valence-electron chi connectivity index (χ1n) is 7.95. The molecule has 2 rings (SSSR count). The monoisotopic (exact) mass is 379 g/mol. The zero-order valence-corrected chi connectivity index (χ0v) is 14.8. The zero-order chi connectivity index (χ0) is 20.0. The maximum absolute atomic E-state index is 12.9. The number of rotatable bonds is 8. The summed E-state index contributed by atoms with van der Waals surface area (Å²) in [5.74, 6) is -0.927. The van der Waals surface area contributed by atoms with E-state index in [9.17, 15) is 18.4 Å². The molecule has 8 heteroatoms. The van der Waals surface area contributed by atoms with Gasteiger partial charge in [-0.05, 0) is 29.8 Å². The second-order valence-corrected chi connectivity index (χ2v) is 5.70. The highest BCUT2D eigenvalue weighted by Crippen LogP contribution is 2.24. The lowest BCUT2D eigenvalue weighted by Gasteiger charge is -2.22. The van der Waals surface area contributed by atoms with E-state index in [4.69, 9.17) is 14.6 Å². The van der Waals surface area contributed by atoms with Gasteiger partial charge >= 0.3 is 5.97 Å². The summed E-state index contributed by atoms with van der Waals surface area (Å²) in [6, 6.07) is 9.89. The maximum atomic E-state index is 12.9. The van der Waals surface area contributed by atoms with Crippen LogP contribution in [0.1, 0.15) is 27.9 Å². The number of halogens is 2. The van der Waals surface area contributed by atoms with Crippen LogP contribution in [0.25, 0.3) is 0 Å². The summed E-state index contributed by atoms with van der Waals surface area (Å²) in [5.41, 5.74) is 0.258. The Bertz CT molecular complexity index is 803. The van der Waals surface area contributed by atoms with Crippen molar-refractivity contribution in [3.8, 4) is 11.5 Å². The molecule has 0 unspecified atom stereocenters. The Kier molecular flexibility index (Phi) is 6.70. The van der Waals surface area contributed by atoms with E-state index in [1.54, 1.807) is 18.2 Å². The number of benzene rings is 2. The number of carboxylic acid groups (broad SMARTS) is 1. The smallest absolute Gasteiger partial charge is 0.323 e. The molecule has 1 N–H and O–H groups in total. The van der Waals surface area contributed by atoms with Crippen LogP contribution in [0.5, 0.6) is 11.5 Å². The zero-order valence-electron chi connectivity index (χ0n) is 14.8. The molecular formula is C19H19F2NO5. The van der Waals surface area contributed by atoms with Gasteiger partial charge in [-0.1, -0.05) is 12.1 Å². The molecule has 0 aliphatic heterocycles. The standard InChI is InChI=1S/C19H19F2NO5/c1-26-15-6-12(7-16(9-15)27-2)10-22(11-17(23)24)19(25)14-5-3-4-13(8-14)18(20)21/h3-9,18H,10-11H2,1-2H3,(H,23,24). The van der Waals surface area contributed by atoms with Gasteiger partial charge in [0, 0.05) is 23.7 Å². The molecule has 0 heterocycles. The highest BCUT2D eigenvalue weighted by atomic mass is 19.3. The quantitative estimate of drug-likeness (QED) is 0.761. The van der Waals surface area contributed by atoms with Gasteiger partial charge in [-0.3, -0.25) is 9.59 Å². The highest BCUT2D eigenvalue weighted by Gasteiger charge is 2.21. The minimum atomic E-state index is -2.73. The number of ether oxygens (including phenoxy) is 2. The molecule has 27 heavy (non-hydrogen) atoms. The van der Waals surface area contributed by atoms with Gasteiger partial charge in [0.2, 0.25) is 0 Å². The van der Waals surface area contributed by atoms with Crippen molar-refractivity contribution < 1.29 is 33.0 Å². The molecule has 0 saturated heterocycles. The van der Waals surface area contributed by atoms with Crippen LogP contribution in [0, 0.1) is 0 Å². The summed E-state index contributed by atoms with van der Waals surface area (Å²) in [6.07, 6.45) is -2.73. The molecule has 0 aliphatic rings. The first-order chi connectivity index (χ1) is 12.8. The SMILES string of the molecule is COc1cc(CN(CC(=O)O)C(=O)c2cccc(C(F)F)c2)cc(OC)c1. The number of carbonyl (C=O) groups excluding carboxylic acids is 1. The lowest BCUT2D eigenvalue weighted by Crippen LogP contribution is -2.35. The van der Waals surface area contributed by atoms with Gasteiger partial charge in [-0.15, -0.1) is 0 Å². The van der Waals surface area contributed by atoms with Crippen molar-refractivity contribution in [2.45, 2.75) is 13.0 Å². The molecule has 0 bridgehead atoms. The highest BCUT2D eigenvalue weighted by molar-refractivity contribution is 5.96. The third kappa shape index (κ3) is 5.40. The van der Waals surface area contributed by atoms with Crippen molar-refractivity contribution in [1.82, 2.24) is 4.90 Å². The largest absolute Gasteiger partial charge is 0.497 e. The Balaban J connectivity index is 2.34. The van der Waals surface area contributed by atoms with Crippen molar-refractivity contribution in [1.29, 1.82) is 0 Å². The number of carboxylic acids is 1. The Morgan fingerprint density at radius 1 is 1.07 bits per heavy atom. The molecule has 144 valence electrons. The van der Waals surface area contributed by atoms with Crippen molar-refractivity contribution in [2.24, 2.45) is 0 Å². The van der Waals surface area contributed by atoms with Crippen LogP contribution in [0.15, 0.2) is 42.5 Å². The second-order valence-electron chi connectivity index (χ2n) is 5.70. The van der Waals surface area contributed by atoms with Gasteiger partial charge < -0.3 is 19.5 Å². The van der Waals surface area contributed by atoms with Crippen LogP contribution in [-0.4, -0.2) is 42.6 Å². The molecule has 0 aromatic heterocycles. The van der Waals surface area contributed by atoms with E-state index in [1.807, 2.05) is 0 Å². The number of amides is 1. The molecule has 0 saturated carbocycles. The first kappa shape index (κ1) is 20.2. The fraction of sp³-hybridized carbons (Fsp3) is 0.263. The average molecular weight is 379 g/mol. The Morgan fingerprint density at radius 3 is 2.22 bits per heavy atom. The predicted octanol–water partition coefficient (Wildman–Crippen LogP) is 3.37. The van der Waals surface area contributed by atoms with Crippen LogP contribution in [0.2, 0.25) is 0 Å². The van der Waals surface area contributed by atoms with Crippen molar-refractivity contribution in [3.05, 3.63) is 59.2 Å². The average Bonchev–Trinajstić information content (AvgIpc) is 2.66. The maximum Gasteiger partial charge on any atom is 0.323 e. The van der Waals surface area contributed by atoms with Gasteiger partial charge in [0.25, 0.3) is 12.3 Å². The minimum Gasteiger partial charge on any atom is -0.497 e. The first-order valence-corrected chi connectivity index (χ1v) is 7.95. The summed E-state index contributed by atoms with van der Waals surface area (Å²) in [6.45, 7) is -0.644. The van der Waals surface area contributed by atoms with E-state index < -0.39 is 24.8 Å². The summed E-state index contributed by atoms with van der Waals surface area (Å²) in [5, 5.41) is 9.14. The summed E-state index contributed by atoms with van der Waals surface area (Å²) >= 11 is 0. The van der Waals surface area contributed by atoms with Crippen LogP contribution in [0.4, 0.5) is 8.78 Å². The van der Waals surface area contributed by atoms with Crippen molar-refractivity contribution in [3.63, 3.8) is 0 Å². The fourth-order valence-electron chi connectivity index (χ4n) is 2.53. The van der Waals surface area contributed by atoms with E-state index in [0.29, 0.717) is 17.1 Å². The second kappa shape index (κ2) is 8.98. The number of hydrogen-bond acceptors (Lipinski definition) is 4. The van der Waals surface area contributed by atoms with Gasteiger partial charge in [-0.25, -0.2) is 8.78 Å². The number of carbonyl (C=O) groups is 2. The van der Waals surface area contributed by atoms with Crippen molar-refractivity contribution in [2.75, 3.05) is 20.8 Å². The lowest BCUT2D eigenvalue weighted by atomic mass is 10.1. The predicted molar refractivity (Wildman–Crippen MR) is 93.3 cm³/mol. The van der Waals surface area contributed by atoms with Crippen LogP contribution >= 0.6 is 0 Å². The number of aliphatic carboxylic acids is 1. The van der Waals surface area contributed by atoms with E-state index >= 15 is 0 Å². The molecule has 6 nitrogen and oxygen atoms in total. The number of methoxy groups -OCH3 is 2. The molecular weight excluding hydrogens is 360 g/mol. The Morgan fingerprint density at radius 2 is 1.70 bits per heavy atom. The van der Waals surface area contributed by atoms with E-state index in [2.05, 4.69) is 0 Å². The normalized spacial score (nSPS) is 10.6. The molecule has 0 atom stereocenters. The third-order valence-corrected chi connectivity index (χ3v) is 3.78. The third-order valence-electron chi connectivity index (χ3n) is 3.78. The molecule has 2 aromatic carbocycles. The number of alkyl halides is 2. The fourth-order valence-corrected chi connectivity index (χ4v) is 2.53. The topological polar surface area (TPSA) is 76.1 Å².